The van der Waals surface area contributed by atoms with Crippen LogP contribution < -0.4 is 5.32 Å². The van der Waals surface area contributed by atoms with Crippen LogP contribution in [0.2, 0.25) is 5.02 Å². The Hall–Kier alpha value is -1.81. The van der Waals surface area contributed by atoms with Gasteiger partial charge in [0.1, 0.15) is 0 Å². The van der Waals surface area contributed by atoms with E-state index in [2.05, 4.69) is 15.3 Å². The first-order chi connectivity index (χ1) is 10.7. The lowest BCUT2D eigenvalue weighted by molar-refractivity contribution is -0.128. The van der Waals surface area contributed by atoms with Gasteiger partial charge in [-0.2, -0.15) is 0 Å². The maximum atomic E-state index is 12.9. The minimum Gasteiger partial charge on any atom is -0.350 e. The Balaban J connectivity index is 1.81. The van der Waals surface area contributed by atoms with Crippen molar-refractivity contribution < 1.29 is 4.79 Å². The second-order valence-electron chi connectivity index (χ2n) is 5.91. The maximum Gasteiger partial charge on any atom is 0.230 e. The Kier molecular flexibility index (Phi) is 4.48. The first kappa shape index (κ1) is 15.1. The van der Waals surface area contributed by atoms with Crippen molar-refractivity contribution in [1.82, 2.24) is 15.3 Å². The first-order valence-corrected chi connectivity index (χ1v) is 8.10. The third-order valence-electron chi connectivity index (χ3n) is 4.53. The fraction of sp³-hybridized carbons (Fsp3) is 0.412. The van der Waals surface area contributed by atoms with Gasteiger partial charge in [0.15, 0.2) is 0 Å². The van der Waals surface area contributed by atoms with E-state index in [0.717, 1.165) is 36.9 Å². The quantitative estimate of drug-likeness (QED) is 0.905. The molecule has 1 amide bonds. The van der Waals surface area contributed by atoms with Crippen molar-refractivity contribution >= 4 is 17.5 Å². The van der Waals surface area contributed by atoms with Gasteiger partial charge in [-0.25, -0.2) is 4.98 Å². The number of benzene rings is 1. The van der Waals surface area contributed by atoms with Crippen LogP contribution in [0, 0.1) is 0 Å². The van der Waals surface area contributed by atoms with Gasteiger partial charge in [0.2, 0.25) is 5.91 Å². The fourth-order valence-electron chi connectivity index (χ4n) is 3.30. The van der Waals surface area contributed by atoms with Crippen molar-refractivity contribution in [3.05, 3.63) is 53.1 Å². The summed E-state index contributed by atoms with van der Waals surface area (Å²) in [5, 5.41) is 3.77. The van der Waals surface area contributed by atoms with E-state index in [-0.39, 0.29) is 5.91 Å². The molecule has 22 heavy (non-hydrogen) atoms. The zero-order valence-corrected chi connectivity index (χ0v) is 13.2. The van der Waals surface area contributed by atoms with Crippen molar-refractivity contribution in [2.75, 3.05) is 0 Å². The standard InChI is InChI=1S/C17H20ClN3O/c18-14-6-4-13(5-7-14)17(8-2-1-3-9-17)16(22)20-11-15-10-19-12-21-15/h4-7,10,12H,1-3,8-9,11H2,(H,19,21)(H,20,22). The van der Waals surface area contributed by atoms with E-state index in [1.54, 1.807) is 12.5 Å². The second kappa shape index (κ2) is 6.53. The minimum absolute atomic E-state index is 0.101. The fourth-order valence-corrected chi connectivity index (χ4v) is 3.42. The number of imidazole rings is 1. The summed E-state index contributed by atoms with van der Waals surface area (Å²) < 4.78 is 0. The Morgan fingerprint density at radius 3 is 2.59 bits per heavy atom. The third-order valence-corrected chi connectivity index (χ3v) is 4.78. The number of nitrogens with one attached hydrogen (secondary N) is 2. The number of halogens is 1. The van der Waals surface area contributed by atoms with Gasteiger partial charge in [0, 0.05) is 11.2 Å². The number of aromatic nitrogens is 2. The summed E-state index contributed by atoms with van der Waals surface area (Å²) in [6, 6.07) is 7.72. The smallest absolute Gasteiger partial charge is 0.230 e. The van der Waals surface area contributed by atoms with Gasteiger partial charge in [-0.3, -0.25) is 4.79 Å². The van der Waals surface area contributed by atoms with Crippen LogP contribution in [0.3, 0.4) is 0 Å². The van der Waals surface area contributed by atoms with Crippen LogP contribution in [0.1, 0.15) is 43.4 Å². The zero-order chi connectivity index (χ0) is 15.4. The summed E-state index contributed by atoms with van der Waals surface area (Å²) >= 11 is 5.99. The summed E-state index contributed by atoms with van der Waals surface area (Å²) in [5.41, 5.74) is 1.55. The molecule has 0 bridgehead atoms. The van der Waals surface area contributed by atoms with Crippen molar-refractivity contribution in [2.24, 2.45) is 0 Å². The van der Waals surface area contributed by atoms with Gasteiger partial charge >= 0.3 is 0 Å². The molecule has 1 heterocycles. The molecular weight excluding hydrogens is 298 g/mol. The highest BCUT2D eigenvalue weighted by atomic mass is 35.5. The Labute approximate surface area is 135 Å². The molecule has 3 rings (SSSR count). The third kappa shape index (κ3) is 3.02. The summed E-state index contributed by atoms with van der Waals surface area (Å²) in [7, 11) is 0. The maximum absolute atomic E-state index is 12.9. The lowest BCUT2D eigenvalue weighted by Crippen LogP contribution is -2.45. The van der Waals surface area contributed by atoms with E-state index >= 15 is 0 Å². The highest BCUT2D eigenvalue weighted by Crippen LogP contribution is 2.40. The van der Waals surface area contributed by atoms with Gasteiger partial charge < -0.3 is 10.3 Å². The molecule has 1 aliphatic rings. The summed E-state index contributed by atoms with van der Waals surface area (Å²) in [6.07, 6.45) is 8.50. The number of H-pyrrole nitrogens is 1. The number of carbonyl (C=O) groups excluding carboxylic acids is 1. The van der Waals surface area contributed by atoms with Crippen molar-refractivity contribution in [3.8, 4) is 0 Å². The molecule has 4 nitrogen and oxygen atoms in total. The molecule has 1 aromatic carbocycles. The van der Waals surface area contributed by atoms with Crippen LogP contribution in [0.25, 0.3) is 0 Å². The van der Waals surface area contributed by atoms with E-state index < -0.39 is 5.41 Å². The van der Waals surface area contributed by atoms with E-state index in [0.29, 0.717) is 11.6 Å². The molecule has 0 spiro atoms. The van der Waals surface area contributed by atoms with Crippen LogP contribution in [-0.4, -0.2) is 15.9 Å². The molecule has 1 aromatic heterocycles. The molecule has 0 atom stereocenters. The van der Waals surface area contributed by atoms with Crippen molar-refractivity contribution in [3.63, 3.8) is 0 Å². The van der Waals surface area contributed by atoms with Crippen molar-refractivity contribution in [1.29, 1.82) is 0 Å². The van der Waals surface area contributed by atoms with Crippen LogP contribution in [-0.2, 0) is 16.8 Å². The molecular formula is C17H20ClN3O. The number of hydrogen-bond acceptors (Lipinski definition) is 2. The van der Waals surface area contributed by atoms with Gasteiger partial charge in [-0.15, -0.1) is 0 Å². The van der Waals surface area contributed by atoms with E-state index in [9.17, 15) is 4.79 Å². The molecule has 1 fully saturated rings. The van der Waals surface area contributed by atoms with Crippen LogP contribution in [0.5, 0.6) is 0 Å². The number of rotatable bonds is 4. The number of aromatic amines is 1. The van der Waals surface area contributed by atoms with E-state index in [4.69, 9.17) is 11.6 Å². The number of nitrogens with zero attached hydrogens (tertiary/aromatic N) is 1. The largest absolute Gasteiger partial charge is 0.350 e. The Morgan fingerprint density at radius 1 is 1.23 bits per heavy atom. The number of amides is 1. The summed E-state index contributed by atoms with van der Waals surface area (Å²) in [5.74, 6) is 0.101. The normalized spacial score (nSPS) is 17.1. The summed E-state index contributed by atoms with van der Waals surface area (Å²) in [6.45, 7) is 0.480. The molecule has 1 saturated carbocycles. The highest BCUT2D eigenvalue weighted by molar-refractivity contribution is 6.30. The lowest BCUT2D eigenvalue weighted by atomic mass is 9.68. The molecule has 0 radical (unpaired) electrons. The molecule has 5 heteroatoms. The molecule has 0 aliphatic heterocycles. The predicted octanol–water partition coefficient (Wildman–Crippen LogP) is 3.58. The van der Waals surface area contributed by atoms with Crippen LogP contribution in [0.4, 0.5) is 0 Å². The average molecular weight is 318 g/mol. The van der Waals surface area contributed by atoms with E-state index in [1.807, 2.05) is 24.3 Å². The predicted molar refractivity (Wildman–Crippen MR) is 86.6 cm³/mol. The SMILES string of the molecule is O=C(NCc1cnc[nH]1)C1(c2ccc(Cl)cc2)CCCCC1. The second-order valence-corrected chi connectivity index (χ2v) is 6.35. The lowest BCUT2D eigenvalue weighted by Gasteiger charge is -2.36. The monoisotopic (exact) mass is 317 g/mol. The van der Waals surface area contributed by atoms with Crippen molar-refractivity contribution in [2.45, 2.75) is 44.1 Å². The molecule has 1 aliphatic carbocycles. The Bertz CT molecular complexity index is 616. The molecule has 2 aromatic rings. The summed E-state index contributed by atoms with van der Waals surface area (Å²) in [4.78, 5) is 19.9. The molecule has 0 saturated heterocycles. The topological polar surface area (TPSA) is 57.8 Å². The number of hydrogen-bond donors (Lipinski definition) is 2. The minimum atomic E-state index is -0.428. The molecule has 0 unspecified atom stereocenters. The van der Waals surface area contributed by atoms with E-state index in [1.165, 1.54) is 6.42 Å². The average Bonchev–Trinajstić information content (AvgIpc) is 3.07. The zero-order valence-electron chi connectivity index (χ0n) is 12.4. The van der Waals surface area contributed by atoms with Gasteiger partial charge in [0.25, 0.3) is 0 Å². The highest BCUT2D eigenvalue weighted by Gasteiger charge is 2.40. The van der Waals surface area contributed by atoms with Gasteiger partial charge in [0.05, 0.1) is 24.0 Å². The number of carbonyl (C=O) groups is 1. The van der Waals surface area contributed by atoms with Gasteiger partial charge in [-0.05, 0) is 30.5 Å². The van der Waals surface area contributed by atoms with Crippen LogP contribution in [0.15, 0.2) is 36.8 Å². The molecule has 2 N–H and O–H groups in total. The first-order valence-electron chi connectivity index (χ1n) is 7.72. The van der Waals surface area contributed by atoms with Crippen LogP contribution >= 0.6 is 11.6 Å². The van der Waals surface area contributed by atoms with Gasteiger partial charge in [-0.1, -0.05) is 43.0 Å². The Morgan fingerprint density at radius 2 is 1.95 bits per heavy atom. The molecule has 116 valence electrons.